The van der Waals surface area contributed by atoms with Crippen molar-refractivity contribution >= 4 is 6.09 Å². The summed E-state index contributed by atoms with van der Waals surface area (Å²) in [7, 11) is 3.99. The lowest BCUT2D eigenvalue weighted by molar-refractivity contribution is -0.229. The van der Waals surface area contributed by atoms with Crippen LogP contribution in [0.1, 0.15) is 113 Å². The van der Waals surface area contributed by atoms with Crippen LogP contribution in [0, 0.1) is 39.9 Å². The maximum absolute atomic E-state index is 12.7. The monoisotopic (exact) mass is 608 g/mol. The Balaban J connectivity index is 1.55. The summed E-state index contributed by atoms with van der Waals surface area (Å²) in [6.45, 7) is 16.0. The fourth-order valence-electron chi connectivity index (χ4n) is 9.82. The summed E-state index contributed by atoms with van der Waals surface area (Å²) in [5, 5.41) is 36.7. The molecule has 0 aromatic rings. The number of ether oxygens (including phenoxy) is 2. The van der Waals surface area contributed by atoms with Gasteiger partial charge in [0.1, 0.15) is 12.2 Å². The van der Waals surface area contributed by atoms with Gasteiger partial charge in [0.05, 0.1) is 23.9 Å². The van der Waals surface area contributed by atoms with Crippen molar-refractivity contribution in [3.8, 4) is 0 Å². The number of hydrogen-bond donors (Lipinski definition) is 4. The third kappa shape index (κ3) is 7.24. The van der Waals surface area contributed by atoms with Gasteiger partial charge in [0.15, 0.2) is 0 Å². The highest BCUT2D eigenvalue weighted by Gasteiger charge is 2.59. The van der Waals surface area contributed by atoms with E-state index in [0.717, 1.165) is 57.9 Å². The van der Waals surface area contributed by atoms with Gasteiger partial charge in [-0.3, -0.25) is 0 Å². The summed E-state index contributed by atoms with van der Waals surface area (Å²) in [6.07, 6.45) is 7.29. The van der Waals surface area contributed by atoms with Crippen LogP contribution < -0.4 is 5.32 Å². The number of aliphatic hydroxyl groups excluding tert-OH is 2. The molecule has 8 heteroatoms. The molecule has 4 N–H and O–H groups in total. The van der Waals surface area contributed by atoms with E-state index in [9.17, 15) is 20.1 Å². The zero-order valence-electron chi connectivity index (χ0n) is 28.7. The molecule has 10 atom stereocenters. The first-order valence-corrected chi connectivity index (χ1v) is 17.2. The largest absolute Gasteiger partial charge is 0.446 e. The van der Waals surface area contributed by atoms with Crippen LogP contribution in [0.5, 0.6) is 0 Å². The van der Waals surface area contributed by atoms with Gasteiger partial charge in [0.2, 0.25) is 0 Å². The minimum Gasteiger partial charge on any atom is -0.446 e. The molecule has 4 fully saturated rings. The number of nitrogens with zero attached hydrogens (tertiary/aromatic N) is 1. The van der Waals surface area contributed by atoms with Gasteiger partial charge < -0.3 is 35.0 Å². The standard InChI is InChI=1S/C35H64N2O6/c1-22-20-25(29(38)34(6,7)41)42-28-24(22)12-10-11-16-35-17-15-27(43-31(40)36-18-19-37(8)9)33(4,5)26(35)14-13-23(21-35)32(2,3)30(28)39/h22-30,38-39,41H,10-21H2,1-9H3,(H,36,40). The van der Waals surface area contributed by atoms with Gasteiger partial charge in [-0.1, -0.05) is 47.5 Å². The molecule has 1 spiro atoms. The molecule has 3 saturated carbocycles. The number of hydrogen-bond acceptors (Lipinski definition) is 7. The lowest BCUT2D eigenvalue weighted by Crippen LogP contribution is -2.59. The molecule has 250 valence electrons. The maximum Gasteiger partial charge on any atom is 0.407 e. The Labute approximate surface area is 261 Å². The molecule has 1 amide bonds. The minimum atomic E-state index is -1.27. The third-order valence-corrected chi connectivity index (χ3v) is 12.7. The van der Waals surface area contributed by atoms with Crippen molar-refractivity contribution in [3.63, 3.8) is 0 Å². The first kappa shape index (κ1) is 34.9. The highest BCUT2D eigenvalue weighted by atomic mass is 16.6. The SMILES string of the molecule is CC1CC(C(O)C(C)(C)O)OC2C1CCCCC13CCC(OC(=O)NCCN(C)C)C(C)(C)C1CCC(C3)C(C)(C)C2O. The lowest BCUT2D eigenvalue weighted by Gasteiger charge is -2.61. The van der Waals surface area contributed by atoms with Crippen LogP contribution in [0.3, 0.4) is 0 Å². The van der Waals surface area contributed by atoms with Crippen molar-refractivity contribution < 1.29 is 29.6 Å². The van der Waals surface area contributed by atoms with Crippen LogP contribution in [0.4, 0.5) is 4.79 Å². The van der Waals surface area contributed by atoms with Gasteiger partial charge in [-0.25, -0.2) is 4.79 Å². The van der Waals surface area contributed by atoms with E-state index < -0.39 is 23.9 Å². The Morgan fingerprint density at radius 3 is 2.42 bits per heavy atom. The molecule has 1 heterocycles. The average Bonchev–Trinajstić information content (AvgIpc) is 2.91. The van der Waals surface area contributed by atoms with E-state index in [1.807, 2.05) is 19.0 Å². The number of aliphatic hydroxyl groups is 3. The van der Waals surface area contributed by atoms with Crippen LogP contribution in [-0.2, 0) is 9.47 Å². The van der Waals surface area contributed by atoms with Crippen LogP contribution in [-0.4, -0.2) is 89.6 Å². The second-order valence-corrected chi connectivity index (χ2v) is 17.0. The van der Waals surface area contributed by atoms with Crippen molar-refractivity contribution in [2.24, 2.45) is 39.9 Å². The smallest absolute Gasteiger partial charge is 0.407 e. The van der Waals surface area contributed by atoms with E-state index in [0.29, 0.717) is 24.8 Å². The minimum absolute atomic E-state index is 0.105. The Bertz CT molecular complexity index is 947. The summed E-state index contributed by atoms with van der Waals surface area (Å²) < 4.78 is 12.7. The van der Waals surface area contributed by atoms with Gasteiger partial charge in [0, 0.05) is 18.5 Å². The molecule has 1 aliphatic heterocycles. The van der Waals surface area contributed by atoms with Gasteiger partial charge in [0.25, 0.3) is 0 Å². The summed E-state index contributed by atoms with van der Waals surface area (Å²) in [5.41, 5.74) is -1.59. The number of amides is 1. The van der Waals surface area contributed by atoms with Crippen molar-refractivity contribution in [3.05, 3.63) is 0 Å². The Kier molecular flexibility index (Phi) is 10.6. The molecule has 4 aliphatic rings. The molecule has 0 radical (unpaired) electrons. The molecule has 3 aliphatic carbocycles. The Morgan fingerprint density at radius 1 is 1.07 bits per heavy atom. The van der Waals surface area contributed by atoms with E-state index in [2.05, 4.69) is 39.9 Å². The lowest BCUT2D eigenvalue weighted by atomic mass is 9.45. The molecule has 0 aromatic heterocycles. The predicted molar refractivity (Wildman–Crippen MR) is 170 cm³/mol. The summed E-state index contributed by atoms with van der Waals surface area (Å²) in [5.74, 6) is 1.31. The second kappa shape index (κ2) is 13.1. The molecule has 4 rings (SSSR count). The maximum atomic E-state index is 12.7. The predicted octanol–water partition coefficient (Wildman–Crippen LogP) is 5.37. The molecule has 43 heavy (non-hydrogen) atoms. The number of fused-ring (bicyclic) bond motifs is 2. The molecular weight excluding hydrogens is 544 g/mol. The van der Waals surface area contributed by atoms with Gasteiger partial charge in [-0.2, -0.15) is 0 Å². The molecule has 8 nitrogen and oxygen atoms in total. The van der Waals surface area contributed by atoms with E-state index >= 15 is 0 Å². The van der Waals surface area contributed by atoms with Crippen molar-refractivity contribution in [2.45, 2.75) is 149 Å². The summed E-state index contributed by atoms with van der Waals surface area (Å²) >= 11 is 0. The van der Waals surface area contributed by atoms with Gasteiger partial charge in [-0.15, -0.1) is 0 Å². The zero-order valence-corrected chi connectivity index (χ0v) is 28.7. The Hall–Kier alpha value is -0.930. The fourth-order valence-corrected chi connectivity index (χ4v) is 9.82. The first-order chi connectivity index (χ1) is 19.9. The molecular formula is C35H64N2O6. The molecule has 10 unspecified atom stereocenters. The van der Waals surface area contributed by atoms with Crippen molar-refractivity contribution in [1.82, 2.24) is 10.2 Å². The molecule has 1 saturated heterocycles. The highest BCUT2D eigenvalue weighted by Crippen LogP contribution is 2.64. The first-order valence-electron chi connectivity index (χ1n) is 17.2. The Morgan fingerprint density at radius 2 is 1.77 bits per heavy atom. The van der Waals surface area contributed by atoms with Crippen molar-refractivity contribution in [2.75, 3.05) is 27.2 Å². The molecule has 0 aromatic carbocycles. The van der Waals surface area contributed by atoms with Crippen molar-refractivity contribution in [1.29, 1.82) is 0 Å². The third-order valence-electron chi connectivity index (χ3n) is 12.7. The number of carbonyl (C=O) groups excluding carboxylic acids is 1. The van der Waals surface area contributed by atoms with E-state index in [-0.39, 0.29) is 46.4 Å². The number of alkyl carbamates (subject to hydrolysis) is 1. The summed E-state index contributed by atoms with van der Waals surface area (Å²) in [6, 6.07) is 0. The average molecular weight is 609 g/mol. The normalized spacial score (nSPS) is 40.4. The van der Waals surface area contributed by atoms with Gasteiger partial charge >= 0.3 is 6.09 Å². The summed E-state index contributed by atoms with van der Waals surface area (Å²) in [4.78, 5) is 14.8. The van der Waals surface area contributed by atoms with E-state index in [1.54, 1.807) is 13.8 Å². The van der Waals surface area contributed by atoms with E-state index in [1.165, 1.54) is 6.42 Å². The quantitative estimate of drug-likeness (QED) is 0.321. The number of nitrogens with one attached hydrogen (secondary N) is 1. The van der Waals surface area contributed by atoms with Crippen LogP contribution >= 0.6 is 0 Å². The van der Waals surface area contributed by atoms with Crippen LogP contribution in [0.15, 0.2) is 0 Å². The van der Waals surface area contributed by atoms with Crippen LogP contribution in [0.25, 0.3) is 0 Å². The van der Waals surface area contributed by atoms with Crippen LogP contribution in [0.2, 0.25) is 0 Å². The zero-order chi connectivity index (χ0) is 32.0. The highest BCUT2D eigenvalue weighted by molar-refractivity contribution is 5.67. The fraction of sp³-hybridized carbons (Fsp3) is 0.971. The van der Waals surface area contributed by atoms with Gasteiger partial charge in [-0.05, 0) is 114 Å². The number of rotatable bonds is 6. The number of likely N-dealkylation sites (N-methyl/N-ethyl adjacent to an activating group) is 1. The number of carbonyl (C=O) groups is 1. The van der Waals surface area contributed by atoms with E-state index in [4.69, 9.17) is 9.47 Å². The topological polar surface area (TPSA) is 111 Å². The second-order valence-electron chi connectivity index (χ2n) is 17.0. The molecule has 2 bridgehead atoms.